The van der Waals surface area contributed by atoms with Crippen LogP contribution < -0.4 is 15.5 Å². The highest BCUT2D eigenvalue weighted by molar-refractivity contribution is 7.10. The number of carboxylic acids is 1. The van der Waals surface area contributed by atoms with Crippen molar-refractivity contribution in [2.45, 2.75) is 57.7 Å². The lowest BCUT2D eigenvalue weighted by molar-refractivity contribution is -0.137. The number of carbonyl (C=O) groups excluding carboxylic acids is 3. The van der Waals surface area contributed by atoms with Crippen LogP contribution in [0.25, 0.3) is 0 Å². The summed E-state index contributed by atoms with van der Waals surface area (Å²) in [6, 6.07) is 16.5. The van der Waals surface area contributed by atoms with E-state index in [4.69, 9.17) is 5.26 Å². The third-order valence-corrected chi connectivity index (χ3v) is 9.37. The van der Waals surface area contributed by atoms with Crippen molar-refractivity contribution in [1.82, 2.24) is 10.2 Å². The maximum atomic E-state index is 13.4. The molecule has 228 valence electrons. The van der Waals surface area contributed by atoms with Gasteiger partial charge in [0.25, 0.3) is 11.8 Å². The molecule has 5 rings (SSSR count). The summed E-state index contributed by atoms with van der Waals surface area (Å²) in [5.74, 6) is -1.73. The molecule has 2 fully saturated rings. The molecule has 44 heavy (non-hydrogen) atoms. The fourth-order valence-electron chi connectivity index (χ4n) is 5.66. The van der Waals surface area contributed by atoms with Crippen molar-refractivity contribution in [3.05, 3.63) is 81.5 Å². The molecule has 0 radical (unpaired) electrons. The molecule has 2 aromatic carbocycles. The van der Waals surface area contributed by atoms with Crippen molar-refractivity contribution in [3.8, 4) is 6.07 Å². The predicted octanol–water partition coefficient (Wildman–Crippen LogP) is 5.04. The Morgan fingerprint density at radius 2 is 1.75 bits per heavy atom. The normalized spacial score (nSPS) is 18.9. The van der Waals surface area contributed by atoms with Gasteiger partial charge in [-0.05, 0) is 80.6 Å². The fraction of sp³-hybridized carbons (Fsp3) is 0.364. The van der Waals surface area contributed by atoms with E-state index in [-0.39, 0.29) is 36.2 Å². The van der Waals surface area contributed by atoms with Crippen molar-refractivity contribution in [1.29, 1.82) is 5.26 Å². The molecule has 3 unspecified atom stereocenters. The summed E-state index contributed by atoms with van der Waals surface area (Å²) in [6.07, 6.45) is 2.40. The minimum Gasteiger partial charge on any atom is -0.481 e. The molecular formula is C33H35N5O5S. The third kappa shape index (κ3) is 6.76. The van der Waals surface area contributed by atoms with Gasteiger partial charge in [-0.15, -0.1) is 11.3 Å². The molecule has 10 nitrogen and oxygen atoms in total. The van der Waals surface area contributed by atoms with Gasteiger partial charge in [-0.25, -0.2) is 0 Å². The zero-order valence-electron chi connectivity index (χ0n) is 24.7. The number of thiophene rings is 1. The molecule has 1 saturated heterocycles. The van der Waals surface area contributed by atoms with Gasteiger partial charge in [0, 0.05) is 47.1 Å². The van der Waals surface area contributed by atoms with Crippen LogP contribution in [0.3, 0.4) is 0 Å². The van der Waals surface area contributed by atoms with Crippen molar-refractivity contribution in [2.24, 2.45) is 5.92 Å². The van der Waals surface area contributed by atoms with Crippen LogP contribution in [-0.2, 0) is 9.59 Å². The Kier molecular flexibility index (Phi) is 9.30. The Hall–Kier alpha value is -4.69. The number of hydrogen-bond acceptors (Lipinski definition) is 7. The quantitative estimate of drug-likeness (QED) is 0.307. The molecular weight excluding hydrogens is 578 g/mol. The first-order valence-corrected chi connectivity index (χ1v) is 15.6. The number of aliphatic carboxylic acids is 1. The number of amides is 3. The Labute approximate surface area is 260 Å². The number of benzene rings is 2. The number of nitriles is 1. The molecule has 1 saturated carbocycles. The fourth-order valence-corrected chi connectivity index (χ4v) is 6.44. The monoisotopic (exact) mass is 613 g/mol. The maximum Gasteiger partial charge on any atom is 0.305 e. The summed E-state index contributed by atoms with van der Waals surface area (Å²) in [5, 5.41) is 26.3. The Morgan fingerprint density at radius 3 is 2.36 bits per heavy atom. The van der Waals surface area contributed by atoms with E-state index in [9.17, 15) is 24.3 Å². The lowest BCUT2D eigenvalue weighted by atomic mass is 9.85. The average Bonchev–Trinajstić information content (AvgIpc) is 3.52. The van der Waals surface area contributed by atoms with E-state index in [2.05, 4.69) is 21.6 Å². The van der Waals surface area contributed by atoms with Crippen LogP contribution >= 0.6 is 11.3 Å². The number of hydrogen-bond donors (Lipinski definition) is 3. The molecule has 0 bridgehead atoms. The van der Waals surface area contributed by atoms with Crippen molar-refractivity contribution in [2.75, 3.05) is 23.3 Å². The molecule has 3 N–H and O–H groups in total. The van der Waals surface area contributed by atoms with Gasteiger partial charge in [-0.2, -0.15) is 5.26 Å². The van der Waals surface area contributed by atoms with Crippen LogP contribution in [0.1, 0.15) is 76.7 Å². The Morgan fingerprint density at radius 1 is 1.02 bits per heavy atom. The van der Waals surface area contributed by atoms with Crippen LogP contribution in [0.2, 0.25) is 0 Å². The van der Waals surface area contributed by atoms with Crippen molar-refractivity contribution < 1.29 is 24.3 Å². The van der Waals surface area contributed by atoms with Gasteiger partial charge in [0.15, 0.2) is 0 Å². The van der Waals surface area contributed by atoms with E-state index < -0.39 is 17.9 Å². The molecule has 0 spiro atoms. The largest absolute Gasteiger partial charge is 0.481 e. The summed E-state index contributed by atoms with van der Waals surface area (Å²) < 4.78 is 0. The summed E-state index contributed by atoms with van der Waals surface area (Å²) in [5.41, 5.74) is 2.57. The van der Waals surface area contributed by atoms with E-state index in [0.717, 1.165) is 29.8 Å². The first-order valence-electron chi connectivity index (χ1n) is 14.7. The third-order valence-electron chi connectivity index (χ3n) is 8.38. The predicted molar refractivity (Wildman–Crippen MR) is 168 cm³/mol. The first-order chi connectivity index (χ1) is 21.1. The van der Waals surface area contributed by atoms with Gasteiger partial charge in [-0.3, -0.25) is 19.2 Å². The smallest absolute Gasteiger partial charge is 0.305 e. The zero-order chi connectivity index (χ0) is 31.4. The van der Waals surface area contributed by atoms with Gasteiger partial charge >= 0.3 is 5.97 Å². The number of rotatable bonds is 9. The number of carbonyl (C=O) groups is 4. The molecule has 3 aromatic rings. The van der Waals surface area contributed by atoms with Gasteiger partial charge in [0.05, 0.1) is 35.5 Å². The molecule has 2 aliphatic rings. The second-order valence-electron chi connectivity index (χ2n) is 11.5. The number of carboxylic acid groups (broad SMARTS) is 1. The molecule has 3 atom stereocenters. The van der Waals surface area contributed by atoms with Crippen LogP contribution in [0, 0.1) is 17.2 Å². The topological polar surface area (TPSA) is 143 Å². The lowest BCUT2D eigenvalue weighted by Gasteiger charge is -2.46. The Balaban J connectivity index is 1.38. The molecule has 1 aliphatic heterocycles. The van der Waals surface area contributed by atoms with Gasteiger partial charge < -0.3 is 25.5 Å². The molecule has 11 heteroatoms. The second-order valence-corrected chi connectivity index (χ2v) is 12.5. The Bertz CT molecular complexity index is 1580. The number of nitrogens with one attached hydrogen (secondary N) is 2. The molecule has 1 aliphatic carbocycles. The first kappa shape index (κ1) is 30.8. The summed E-state index contributed by atoms with van der Waals surface area (Å²) >= 11 is 1.38. The van der Waals surface area contributed by atoms with Crippen molar-refractivity contribution >= 4 is 46.4 Å². The van der Waals surface area contributed by atoms with Gasteiger partial charge in [0.2, 0.25) is 5.91 Å². The SMILES string of the molecule is CC1CN(c2ccc(C(=O)NC(CC(=O)O)c3cccs3)cc2NC(=O)C2CCC2)C(C)CN1C(=O)c1ccc(C#N)cc1. The minimum absolute atomic E-state index is 0.0719. The molecule has 1 aromatic heterocycles. The van der Waals surface area contributed by atoms with Crippen LogP contribution in [0.5, 0.6) is 0 Å². The van der Waals surface area contributed by atoms with E-state index in [1.807, 2.05) is 36.3 Å². The number of anilines is 2. The van der Waals surface area contributed by atoms with Gasteiger partial charge in [0.1, 0.15) is 0 Å². The summed E-state index contributed by atoms with van der Waals surface area (Å²) in [6.45, 7) is 4.93. The molecule has 2 heterocycles. The van der Waals surface area contributed by atoms with Crippen LogP contribution in [0.15, 0.2) is 60.0 Å². The standard InChI is InChI=1S/C33H35N5O5S/c1-20-19-38(33(43)24-10-8-22(17-34)9-11-24)21(2)18-37(20)28-13-12-25(15-26(28)35-31(41)23-5-3-6-23)32(42)36-27(16-30(39)40)29-7-4-14-44-29/h4,7-15,20-21,23,27H,3,5-6,16,18-19H2,1-2H3,(H,35,41)(H,36,42)(H,39,40). The number of nitrogens with zero attached hydrogens (tertiary/aromatic N) is 3. The highest BCUT2D eigenvalue weighted by Crippen LogP contribution is 2.35. The summed E-state index contributed by atoms with van der Waals surface area (Å²) in [7, 11) is 0. The van der Waals surface area contributed by atoms with E-state index >= 15 is 0 Å². The van der Waals surface area contributed by atoms with Crippen molar-refractivity contribution in [3.63, 3.8) is 0 Å². The van der Waals surface area contributed by atoms with E-state index in [1.54, 1.807) is 42.5 Å². The summed E-state index contributed by atoms with van der Waals surface area (Å²) in [4.78, 5) is 56.1. The van der Waals surface area contributed by atoms with Crippen LogP contribution in [0.4, 0.5) is 11.4 Å². The maximum absolute atomic E-state index is 13.4. The molecule has 3 amide bonds. The second kappa shape index (κ2) is 13.3. The zero-order valence-corrected chi connectivity index (χ0v) is 25.5. The highest BCUT2D eigenvalue weighted by atomic mass is 32.1. The van der Waals surface area contributed by atoms with Gasteiger partial charge in [-0.1, -0.05) is 12.5 Å². The van der Waals surface area contributed by atoms with E-state index in [0.29, 0.717) is 35.5 Å². The highest BCUT2D eigenvalue weighted by Gasteiger charge is 2.34. The average molecular weight is 614 g/mol. The lowest BCUT2D eigenvalue weighted by Crippen LogP contribution is -2.58. The van der Waals surface area contributed by atoms with Crippen LogP contribution in [-0.4, -0.2) is 58.9 Å². The minimum atomic E-state index is -1.02. The van der Waals surface area contributed by atoms with E-state index in [1.165, 1.54) is 11.3 Å². The number of piperazine rings is 1.